The first-order valence-corrected chi connectivity index (χ1v) is 7.82. The van der Waals surface area contributed by atoms with E-state index in [9.17, 15) is 22.0 Å². The Bertz CT molecular complexity index is 964. The molecule has 4 nitrogen and oxygen atoms in total. The maximum absolute atomic E-state index is 13.9. The van der Waals surface area contributed by atoms with Crippen LogP contribution in [0.5, 0.6) is 5.75 Å². The second-order valence-electron chi connectivity index (χ2n) is 4.89. The average Bonchev–Trinajstić information content (AvgIpc) is 2.93. The zero-order chi connectivity index (χ0) is 18.9. The summed E-state index contributed by atoms with van der Waals surface area (Å²) in [5.41, 5.74) is -0.108. The molecule has 0 spiro atoms. The van der Waals surface area contributed by atoms with E-state index < -0.39 is 29.3 Å². The van der Waals surface area contributed by atoms with Gasteiger partial charge in [0.25, 0.3) is 0 Å². The largest absolute Gasteiger partial charge is 0.573 e. The number of hydrogen-bond donors (Lipinski definition) is 0. The van der Waals surface area contributed by atoms with E-state index in [1.165, 1.54) is 19.2 Å². The lowest BCUT2D eigenvalue weighted by atomic mass is 10.2. The highest BCUT2D eigenvalue weighted by Gasteiger charge is 2.31. The molecule has 0 amide bonds. The summed E-state index contributed by atoms with van der Waals surface area (Å²) in [5, 5.41) is 0.0589. The van der Waals surface area contributed by atoms with Gasteiger partial charge >= 0.3 is 6.36 Å². The maximum atomic E-state index is 13.9. The van der Waals surface area contributed by atoms with Gasteiger partial charge in [-0.3, -0.25) is 0 Å². The van der Waals surface area contributed by atoms with Crippen LogP contribution in [0.25, 0.3) is 10.2 Å². The van der Waals surface area contributed by atoms with Crippen LogP contribution >= 0.6 is 11.3 Å². The Morgan fingerprint density at radius 2 is 1.81 bits per heavy atom. The molecule has 10 heteroatoms. The molecule has 3 rings (SSSR count). The fourth-order valence-corrected chi connectivity index (χ4v) is 2.99. The van der Waals surface area contributed by atoms with Crippen LogP contribution in [0.2, 0.25) is 0 Å². The summed E-state index contributed by atoms with van der Waals surface area (Å²) in [6.45, 7) is 0. The summed E-state index contributed by atoms with van der Waals surface area (Å²) in [6.07, 6.45) is -4.81. The Morgan fingerprint density at radius 3 is 2.42 bits per heavy atom. The van der Waals surface area contributed by atoms with Gasteiger partial charge in [-0.15, -0.1) is 13.2 Å². The first-order chi connectivity index (χ1) is 12.3. The number of aliphatic imine (C=N–C) groups is 1. The highest BCUT2D eigenvalue weighted by Crippen LogP contribution is 2.33. The average molecular weight is 388 g/mol. The Balaban J connectivity index is 2.00. The van der Waals surface area contributed by atoms with Crippen molar-refractivity contribution < 1.29 is 31.4 Å². The molecule has 136 valence electrons. The van der Waals surface area contributed by atoms with Gasteiger partial charge in [-0.25, -0.2) is 13.8 Å². The van der Waals surface area contributed by atoms with Gasteiger partial charge in [0.1, 0.15) is 22.9 Å². The molecule has 0 atom stereocenters. The van der Waals surface area contributed by atoms with E-state index in [0.29, 0.717) is 10.2 Å². The van der Waals surface area contributed by atoms with Crippen LogP contribution in [0.15, 0.2) is 41.4 Å². The number of methoxy groups -OCH3 is 1. The van der Waals surface area contributed by atoms with Gasteiger partial charge in [0.2, 0.25) is 11.0 Å². The van der Waals surface area contributed by atoms with Gasteiger partial charge in [-0.05, 0) is 24.3 Å². The summed E-state index contributed by atoms with van der Waals surface area (Å²) in [7, 11) is 1.19. The number of thiazole rings is 1. The Morgan fingerprint density at radius 1 is 1.12 bits per heavy atom. The molecule has 0 aliphatic rings. The third-order valence-corrected chi connectivity index (χ3v) is 4.06. The molecular formula is C16H9F5N2O2S. The summed E-state index contributed by atoms with van der Waals surface area (Å²) in [4.78, 5) is 8.06. The number of fused-ring (bicyclic) bond motifs is 1. The van der Waals surface area contributed by atoms with Crippen LogP contribution in [-0.2, 0) is 4.74 Å². The molecular weight excluding hydrogens is 379 g/mol. The SMILES string of the molecule is COC(=Nc1nc2ccc(OC(F)(F)F)cc2s1)c1c(F)cccc1F. The van der Waals surface area contributed by atoms with Crippen molar-refractivity contribution in [3.05, 3.63) is 53.6 Å². The molecule has 0 N–H and O–H groups in total. The molecule has 0 saturated carbocycles. The number of benzene rings is 2. The number of aromatic nitrogens is 1. The van der Waals surface area contributed by atoms with Gasteiger partial charge in [0.15, 0.2) is 0 Å². The maximum Gasteiger partial charge on any atom is 0.573 e. The molecule has 26 heavy (non-hydrogen) atoms. The first-order valence-electron chi connectivity index (χ1n) is 7.00. The van der Waals surface area contributed by atoms with Crippen molar-refractivity contribution in [2.75, 3.05) is 7.11 Å². The van der Waals surface area contributed by atoms with Crippen molar-refractivity contribution in [1.29, 1.82) is 0 Å². The zero-order valence-corrected chi connectivity index (χ0v) is 13.8. The predicted octanol–water partition coefficient (Wildman–Crippen LogP) is 5.20. The molecule has 0 saturated heterocycles. The highest BCUT2D eigenvalue weighted by molar-refractivity contribution is 7.22. The van der Waals surface area contributed by atoms with E-state index in [2.05, 4.69) is 14.7 Å². The van der Waals surface area contributed by atoms with Crippen molar-refractivity contribution in [3.8, 4) is 5.75 Å². The topological polar surface area (TPSA) is 43.7 Å². The molecule has 2 aromatic carbocycles. The zero-order valence-electron chi connectivity index (χ0n) is 13.0. The van der Waals surface area contributed by atoms with Gasteiger partial charge in [0, 0.05) is 6.07 Å². The first kappa shape index (κ1) is 18.1. The molecule has 0 radical (unpaired) electrons. The van der Waals surface area contributed by atoms with Crippen molar-refractivity contribution in [2.45, 2.75) is 6.36 Å². The minimum Gasteiger partial charge on any atom is -0.480 e. The summed E-state index contributed by atoms with van der Waals surface area (Å²) in [6, 6.07) is 6.87. The summed E-state index contributed by atoms with van der Waals surface area (Å²) in [5.74, 6) is -2.48. The van der Waals surface area contributed by atoms with Crippen molar-refractivity contribution >= 4 is 32.6 Å². The van der Waals surface area contributed by atoms with E-state index in [-0.39, 0.29) is 11.0 Å². The monoisotopic (exact) mass is 388 g/mol. The fraction of sp³-hybridized carbons (Fsp3) is 0.125. The Kier molecular flexibility index (Phi) is 4.77. The third-order valence-electron chi connectivity index (χ3n) is 3.15. The van der Waals surface area contributed by atoms with Gasteiger partial charge < -0.3 is 9.47 Å². The Hall–Kier alpha value is -2.75. The van der Waals surface area contributed by atoms with Crippen LogP contribution in [0, 0.1) is 11.6 Å². The van der Waals surface area contributed by atoms with Crippen LogP contribution in [0.3, 0.4) is 0 Å². The fourth-order valence-electron chi connectivity index (χ4n) is 2.13. The number of nitrogens with zero attached hydrogens (tertiary/aromatic N) is 2. The number of rotatable bonds is 3. The molecule has 0 bridgehead atoms. The molecule has 0 fully saturated rings. The number of hydrogen-bond acceptors (Lipinski definition) is 5. The van der Waals surface area contributed by atoms with E-state index in [4.69, 9.17) is 4.74 Å². The van der Waals surface area contributed by atoms with Crippen LogP contribution in [-0.4, -0.2) is 24.4 Å². The Labute approximate surface area is 147 Å². The van der Waals surface area contributed by atoms with Crippen LogP contribution in [0.1, 0.15) is 5.56 Å². The van der Waals surface area contributed by atoms with Crippen LogP contribution < -0.4 is 4.74 Å². The number of halogens is 5. The van der Waals surface area contributed by atoms with Crippen molar-refractivity contribution in [1.82, 2.24) is 4.98 Å². The summed E-state index contributed by atoms with van der Waals surface area (Å²) < 4.78 is 73.7. The minimum absolute atomic E-state index is 0.0589. The standard InChI is InChI=1S/C16H9F5N2O2S/c1-24-14(13-9(17)3-2-4-10(13)18)23-15-22-11-6-5-8(7-12(11)26-15)25-16(19,20)21/h2-7H,1H3. The smallest absolute Gasteiger partial charge is 0.480 e. The quantitative estimate of drug-likeness (QED) is 0.352. The normalized spacial score (nSPS) is 12.5. The number of alkyl halides is 3. The molecule has 1 aromatic heterocycles. The lowest BCUT2D eigenvalue weighted by Crippen LogP contribution is -2.16. The third kappa shape index (κ3) is 3.90. The van der Waals surface area contributed by atoms with E-state index in [1.54, 1.807) is 0 Å². The van der Waals surface area contributed by atoms with Crippen molar-refractivity contribution in [3.63, 3.8) is 0 Å². The molecule has 0 aliphatic heterocycles. The van der Waals surface area contributed by atoms with Gasteiger partial charge in [0.05, 0.1) is 17.3 Å². The summed E-state index contributed by atoms with van der Waals surface area (Å²) >= 11 is 0.917. The highest BCUT2D eigenvalue weighted by atomic mass is 32.1. The molecule has 0 unspecified atom stereocenters. The van der Waals surface area contributed by atoms with E-state index in [0.717, 1.165) is 35.6 Å². The minimum atomic E-state index is -4.81. The second-order valence-corrected chi connectivity index (χ2v) is 5.90. The molecule has 0 aliphatic carbocycles. The van der Waals surface area contributed by atoms with Gasteiger partial charge in [-0.2, -0.15) is 4.99 Å². The number of ether oxygens (including phenoxy) is 2. The van der Waals surface area contributed by atoms with Crippen molar-refractivity contribution in [2.24, 2.45) is 4.99 Å². The van der Waals surface area contributed by atoms with E-state index in [1.807, 2.05) is 0 Å². The van der Waals surface area contributed by atoms with Crippen LogP contribution in [0.4, 0.5) is 27.1 Å². The molecule has 3 aromatic rings. The lowest BCUT2D eigenvalue weighted by molar-refractivity contribution is -0.274. The van der Waals surface area contributed by atoms with Gasteiger partial charge in [-0.1, -0.05) is 17.4 Å². The van der Waals surface area contributed by atoms with E-state index >= 15 is 0 Å². The lowest BCUT2D eigenvalue weighted by Gasteiger charge is -2.07. The molecule has 1 heterocycles. The second kappa shape index (κ2) is 6.87. The predicted molar refractivity (Wildman–Crippen MR) is 85.9 cm³/mol.